The lowest BCUT2D eigenvalue weighted by Gasteiger charge is -2.16. The van der Waals surface area contributed by atoms with Crippen LogP contribution in [-0.2, 0) is 17.8 Å². The molecule has 3 rings (SSSR count). The second-order valence-corrected chi connectivity index (χ2v) is 8.63. The third kappa shape index (κ3) is 6.07. The topological polar surface area (TPSA) is 80.6 Å². The van der Waals surface area contributed by atoms with Crippen molar-refractivity contribution in [2.45, 2.75) is 32.7 Å². The summed E-state index contributed by atoms with van der Waals surface area (Å²) in [6.07, 6.45) is 1.51. The maximum Gasteiger partial charge on any atom is 0.307 e. The number of amides is 1. The van der Waals surface area contributed by atoms with E-state index in [1.54, 1.807) is 18.3 Å². The number of anilines is 1. The number of aromatic nitrogens is 1. The van der Waals surface area contributed by atoms with Crippen LogP contribution in [0.3, 0.4) is 0 Å². The van der Waals surface area contributed by atoms with Crippen LogP contribution in [0.1, 0.15) is 41.4 Å². The monoisotopic (exact) mass is 510 g/mol. The molecule has 0 bridgehead atoms. The number of carbonyl (C=O) groups excluding carboxylic acids is 1. The number of halogens is 4. The van der Waals surface area contributed by atoms with Crippen LogP contribution < -0.4 is 10.1 Å². The van der Waals surface area contributed by atoms with Gasteiger partial charge in [0.15, 0.2) is 0 Å². The largest absolute Gasteiger partial charge is 0.490 e. The van der Waals surface area contributed by atoms with Gasteiger partial charge in [0.05, 0.1) is 29.2 Å². The Balaban J connectivity index is 1.76. The number of carbonyl (C=O) groups is 2. The molecule has 0 saturated carbocycles. The highest BCUT2D eigenvalue weighted by Crippen LogP contribution is 2.29. The van der Waals surface area contributed by atoms with Gasteiger partial charge in [0.25, 0.3) is 5.91 Å². The van der Waals surface area contributed by atoms with Crippen molar-refractivity contribution in [1.29, 1.82) is 0 Å². The Kier molecular flexibility index (Phi) is 8.17. The molecular formula is C24H22Cl2F2N2O4. The third-order valence-electron chi connectivity index (χ3n) is 4.98. The molecule has 0 spiro atoms. The molecule has 0 atom stereocenters. The van der Waals surface area contributed by atoms with E-state index in [0.29, 0.717) is 29.4 Å². The lowest BCUT2D eigenvalue weighted by atomic mass is 10.0. The van der Waals surface area contributed by atoms with Crippen molar-refractivity contribution >= 4 is 40.8 Å². The molecule has 0 fully saturated rings. The van der Waals surface area contributed by atoms with Gasteiger partial charge in [-0.1, -0.05) is 43.1 Å². The standard InChI is InChI=1S/C24H22Cl2F2N2O4/c1-13(2)23-16(24(33)29-19-9-14(10-21(31)32)3-4-17(19)25)5-6-30(23)7-8-34-20-12-15(27)11-18(28)22(20)26/h3-6,9,11-13H,7-8,10H2,1-2H3,(H,29,33)(H,31,32). The van der Waals surface area contributed by atoms with E-state index in [-0.39, 0.29) is 34.7 Å². The Hall–Kier alpha value is -3.10. The van der Waals surface area contributed by atoms with Gasteiger partial charge in [0.2, 0.25) is 0 Å². The fourth-order valence-electron chi connectivity index (χ4n) is 3.55. The van der Waals surface area contributed by atoms with Crippen molar-refractivity contribution in [3.63, 3.8) is 0 Å². The van der Waals surface area contributed by atoms with E-state index in [1.165, 1.54) is 12.1 Å². The summed E-state index contributed by atoms with van der Waals surface area (Å²) in [5.41, 5.74) is 1.93. The second-order valence-electron chi connectivity index (χ2n) is 7.85. The van der Waals surface area contributed by atoms with Crippen molar-refractivity contribution < 1.29 is 28.2 Å². The van der Waals surface area contributed by atoms with Crippen LogP contribution in [0.4, 0.5) is 14.5 Å². The first kappa shape index (κ1) is 25.5. The number of hydrogen-bond donors (Lipinski definition) is 2. The van der Waals surface area contributed by atoms with E-state index in [2.05, 4.69) is 5.32 Å². The van der Waals surface area contributed by atoms with Gasteiger partial charge >= 0.3 is 5.97 Å². The van der Waals surface area contributed by atoms with Crippen LogP contribution in [-0.4, -0.2) is 28.2 Å². The first-order valence-electron chi connectivity index (χ1n) is 10.3. The molecule has 3 aromatic rings. The number of carboxylic acids is 1. The van der Waals surface area contributed by atoms with E-state index in [1.807, 2.05) is 18.4 Å². The Morgan fingerprint density at radius 3 is 2.56 bits per heavy atom. The molecule has 6 nitrogen and oxygen atoms in total. The number of hydrogen-bond acceptors (Lipinski definition) is 3. The van der Waals surface area contributed by atoms with Crippen LogP contribution >= 0.6 is 23.2 Å². The smallest absolute Gasteiger partial charge is 0.307 e. The van der Waals surface area contributed by atoms with E-state index >= 15 is 0 Å². The maximum absolute atomic E-state index is 13.6. The average Bonchev–Trinajstić information content (AvgIpc) is 3.18. The molecule has 0 aliphatic rings. The van der Waals surface area contributed by atoms with Crippen molar-refractivity contribution in [2.24, 2.45) is 0 Å². The average molecular weight is 511 g/mol. The zero-order chi connectivity index (χ0) is 25.0. The summed E-state index contributed by atoms with van der Waals surface area (Å²) in [7, 11) is 0. The highest BCUT2D eigenvalue weighted by Gasteiger charge is 2.20. The number of rotatable bonds is 9. The first-order chi connectivity index (χ1) is 16.1. The summed E-state index contributed by atoms with van der Waals surface area (Å²) in [4.78, 5) is 24.0. The van der Waals surface area contributed by atoms with Crippen molar-refractivity contribution in [1.82, 2.24) is 4.57 Å². The van der Waals surface area contributed by atoms with Gasteiger partial charge in [-0.3, -0.25) is 9.59 Å². The summed E-state index contributed by atoms with van der Waals surface area (Å²) >= 11 is 12.0. The van der Waals surface area contributed by atoms with Gasteiger partial charge in [-0.05, 0) is 29.7 Å². The quantitative estimate of drug-likeness (QED) is 0.338. The highest BCUT2D eigenvalue weighted by molar-refractivity contribution is 6.34. The van der Waals surface area contributed by atoms with Crippen molar-refractivity contribution in [3.8, 4) is 5.75 Å². The number of nitrogens with one attached hydrogen (secondary N) is 1. The van der Waals surface area contributed by atoms with Crippen molar-refractivity contribution in [2.75, 3.05) is 11.9 Å². The molecule has 0 aliphatic heterocycles. The predicted octanol–water partition coefficient (Wildman–Crippen LogP) is 6.15. The number of carboxylic acid groups (broad SMARTS) is 1. The number of benzene rings is 2. The predicted molar refractivity (Wildman–Crippen MR) is 126 cm³/mol. The van der Waals surface area contributed by atoms with Gasteiger partial charge in [-0.2, -0.15) is 0 Å². The fourth-order valence-corrected chi connectivity index (χ4v) is 3.88. The van der Waals surface area contributed by atoms with Crippen molar-refractivity contribution in [3.05, 3.63) is 81.1 Å². The van der Waals surface area contributed by atoms with Crippen LogP contribution in [0.2, 0.25) is 10.0 Å². The van der Waals surface area contributed by atoms with E-state index in [0.717, 1.165) is 11.8 Å². The van der Waals surface area contributed by atoms with Gasteiger partial charge in [-0.25, -0.2) is 8.78 Å². The summed E-state index contributed by atoms with van der Waals surface area (Å²) in [6, 6.07) is 7.96. The Morgan fingerprint density at radius 2 is 1.88 bits per heavy atom. The van der Waals surface area contributed by atoms with Crippen LogP contribution in [0.15, 0.2) is 42.6 Å². The third-order valence-corrected chi connectivity index (χ3v) is 5.68. The molecule has 10 heteroatoms. The molecule has 0 radical (unpaired) electrons. The number of ether oxygens (including phenoxy) is 1. The van der Waals surface area contributed by atoms with E-state index < -0.39 is 23.5 Å². The molecule has 2 aromatic carbocycles. The molecule has 180 valence electrons. The molecule has 34 heavy (non-hydrogen) atoms. The number of nitrogens with zero attached hydrogens (tertiary/aromatic N) is 1. The maximum atomic E-state index is 13.6. The lowest BCUT2D eigenvalue weighted by molar-refractivity contribution is -0.136. The van der Waals surface area contributed by atoms with Gasteiger partial charge < -0.3 is 19.7 Å². The second kappa shape index (κ2) is 10.9. The SMILES string of the molecule is CC(C)c1c(C(=O)Nc2cc(CC(=O)O)ccc2Cl)ccn1CCOc1cc(F)cc(F)c1Cl. The Morgan fingerprint density at radius 1 is 1.15 bits per heavy atom. The zero-order valence-electron chi connectivity index (χ0n) is 18.4. The summed E-state index contributed by atoms with van der Waals surface area (Å²) < 4.78 is 34.3. The first-order valence-corrected chi connectivity index (χ1v) is 11.1. The Labute approximate surface area is 205 Å². The van der Waals surface area contributed by atoms with Crippen LogP contribution in [0.5, 0.6) is 5.75 Å². The minimum Gasteiger partial charge on any atom is -0.490 e. The van der Waals surface area contributed by atoms with E-state index in [4.69, 9.17) is 33.0 Å². The summed E-state index contributed by atoms with van der Waals surface area (Å²) in [5.74, 6) is -3.27. The van der Waals surface area contributed by atoms with Gasteiger partial charge in [0.1, 0.15) is 29.0 Å². The fraction of sp³-hybridized carbons (Fsp3) is 0.250. The minimum absolute atomic E-state index is 0.0419. The van der Waals surface area contributed by atoms with Crippen LogP contribution in [0, 0.1) is 11.6 Å². The normalized spacial score (nSPS) is 11.0. The molecule has 0 aliphatic carbocycles. The molecule has 2 N–H and O–H groups in total. The molecule has 1 heterocycles. The van der Waals surface area contributed by atoms with Crippen LogP contribution in [0.25, 0.3) is 0 Å². The number of aliphatic carboxylic acids is 1. The zero-order valence-corrected chi connectivity index (χ0v) is 19.9. The molecule has 1 amide bonds. The van der Waals surface area contributed by atoms with E-state index in [9.17, 15) is 18.4 Å². The molecule has 1 aromatic heterocycles. The minimum atomic E-state index is -0.997. The highest BCUT2D eigenvalue weighted by atomic mass is 35.5. The Bertz CT molecular complexity index is 1230. The lowest BCUT2D eigenvalue weighted by Crippen LogP contribution is -2.17. The summed E-state index contributed by atoms with van der Waals surface area (Å²) in [6.45, 7) is 4.19. The summed E-state index contributed by atoms with van der Waals surface area (Å²) in [5, 5.41) is 11.7. The molecule has 0 saturated heterocycles. The molecular weight excluding hydrogens is 489 g/mol. The molecule has 0 unspecified atom stereocenters. The van der Waals surface area contributed by atoms with Gasteiger partial charge in [-0.15, -0.1) is 0 Å². The van der Waals surface area contributed by atoms with Gasteiger partial charge in [0, 0.05) is 24.0 Å².